The van der Waals surface area contributed by atoms with Gasteiger partial charge in [-0.15, -0.1) is 0 Å². The number of amides is 2. The maximum atomic E-state index is 14.6. The third-order valence-electron chi connectivity index (χ3n) is 6.12. The lowest BCUT2D eigenvalue weighted by Crippen LogP contribution is -2.52. The standard InChI is InChI=1S/C30H35FN2O3/c1-3-23(2)32-30(35)28(21-24-13-6-4-7-14-24)33(22-25-15-10-11-18-27(25)31)29(34)19-12-20-36-26-16-8-5-9-17-26/h4-11,13-18,23,28H,3,12,19-22H2,1-2H3,(H,32,35)/t23-,28+/m1/s1. The molecule has 0 aromatic heterocycles. The fourth-order valence-electron chi connectivity index (χ4n) is 3.88. The van der Waals surface area contributed by atoms with Crippen molar-refractivity contribution < 1.29 is 18.7 Å². The second-order valence-electron chi connectivity index (χ2n) is 8.90. The number of carbonyl (C=O) groups is 2. The Morgan fingerprint density at radius 1 is 0.944 bits per heavy atom. The fraction of sp³-hybridized carbons (Fsp3) is 0.333. The molecule has 2 amide bonds. The number of nitrogens with zero attached hydrogens (tertiary/aromatic N) is 1. The average molecular weight is 491 g/mol. The number of rotatable bonds is 13. The van der Waals surface area contributed by atoms with Crippen molar-refractivity contribution in [3.05, 3.63) is 102 Å². The lowest BCUT2D eigenvalue weighted by molar-refractivity contribution is -0.141. The Hall–Kier alpha value is -3.67. The summed E-state index contributed by atoms with van der Waals surface area (Å²) in [6.07, 6.45) is 1.77. The number of carbonyl (C=O) groups excluding carboxylic acids is 2. The summed E-state index contributed by atoms with van der Waals surface area (Å²) < 4.78 is 20.3. The molecule has 0 aliphatic heterocycles. The van der Waals surface area contributed by atoms with Gasteiger partial charge in [0.05, 0.1) is 6.61 Å². The van der Waals surface area contributed by atoms with E-state index in [1.54, 1.807) is 18.2 Å². The van der Waals surface area contributed by atoms with E-state index in [1.165, 1.54) is 11.0 Å². The first-order valence-corrected chi connectivity index (χ1v) is 12.5. The van der Waals surface area contributed by atoms with Gasteiger partial charge in [0.2, 0.25) is 11.8 Å². The van der Waals surface area contributed by atoms with Gasteiger partial charge in [-0.3, -0.25) is 9.59 Å². The van der Waals surface area contributed by atoms with Crippen LogP contribution in [0.15, 0.2) is 84.9 Å². The quantitative estimate of drug-likeness (QED) is 0.320. The third kappa shape index (κ3) is 8.22. The van der Waals surface area contributed by atoms with E-state index in [0.29, 0.717) is 25.0 Å². The molecule has 3 rings (SSSR count). The topological polar surface area (TPSA) is 58.6 Å². The minimum atomic E-state index is -0.774. The largest absolute Gasteiger partial charge is 0.494 e. The number of para-hydroxylation sites is 1. The van der Waals surface area contributed by atoms with Gasteiger partial charge in [-0.05, 0) is 43.5 Å². The van der Waals surface area contributed by atoms with Gasteiger partial charge in [-0.1, -0.05) is 73.7 Å². The number of hydrogen-bond donors (Lipinski definition) is 1. The SMILES string of the molecule is CC[C@@H](C)NC(=O)[C@H](Cc1ccccc1)N(Cc1ccccc1F)C(=O)CCCOc1ccccc1. The molecule has 0 bridgehead atoms. The summed E-state index contributed by atoms with van der Waals surface area (Å²) >= 11 is 0. The first kappa shape index (κ1) is 26.9. The molecule has 0 aliphatic carbocycles. The Labute approximate surface area is 213 Å². The molecule has 0 unspecified atom stereocenters. The molecule has 0 saturated heterocycles. The molecule has 0 heterocycles. The molecule has 0 spiro atoms. The van der Waals surface area contributed by atoms with Crippen LogP contribution >= 0.6 is 0 Å². The van der Waals surface area contributed by atoms with Gasteiger partial charge in [0.25, 0.3) is 0 Å². The molecular weight excluding hydrogens is 455 g/mol. The highest BCUT2D eigenvalue weighted by atomic mass is 19.1. The summed E-state index contributed by atoms with van der Waals surface area (Å²) in [5, 5.41) is 3.02. The van der Waals surface area contributed by atoms with Crippen molar-refractivity contribution in [3.63, 3.8) is 0 Å². The van der Waals surface area contributed by atoms with E-state index in [1.807, 2.05) is 74.5 Å². The third-order valence-corrected chi connectivity index (χ3v) is 6.12. The van der Waals surface area contributed by atoms with Crippen molar-refractivity contribution in [2.24, 2.45) is 0 Å². The van der Waals surface area contributed by atoms with Gasteiger partial charge in [0.1, 0.15) is 17.6 Å². The van der Waals surface area contributed by atoms with Crippen LogP contribution in [0, 0.1) is 5.82 Å². The van der Waals surface area contributed by atoms with E-state index < -0.39 is 11.9 Å². The molecule has 3 aromatic rings. The first-order chi connectivity index (χ1) is 17.5. The predicted molar refractivity (Wildman–Crippen MR) is 140 cm³/mol. The maximum absolute atomic E-state index is 14.6. The monoisotopic (exact) mass is 490 g/mol. The summed E-state index contributed by atoms with van der Waals surface area (Å²) in [6.45, 7) is 4.30. The van der Waals surface area contributed by atoms with E-state index in [9.17, 15) is 14.0 Å². The maximum Gasteiger partial charge on any atom is 0.243 e. The van der Waals surface area contributed by atoms with Crippen molar-refractivity contribution in [2.75, 3.05) is 6.61 Å². The van der Waals surface area contributed by atoms with Crippen LogP contribution in [0.25, 0.3) is 0 Å². The molecule has 0 saturated carbocycles. The van der Waals surface area contributed by atoms with Gasteiger partial charge in [0.15, 0.2) is 0 Å². The zero-order valence-electron chi connectivity index (χ0n) is 21.0. The smallest absolute Gasteiger partial charge is 0.243 e. The highest BCUT2D eigenvalue weighted by Crippen LogP contribution is 2.19. The summed E-state index contributed by atoms with van der Waals surface area (Å²) in [6, 6.07) is 24.6. The highest BCUT2D eigenvalue weighted by Gasteiger charge is 2.31. The average Bonchev–Trinajstić information content (AvgIpc) is 2.90. The second kappa shape index (κ2) is 14.0. The molecule has 0 radical (unpaired) electrons. The Morgan fingerprint density at radius 3 is 2.25 bits per heavy atom. The highest BCUT2D eigenvalue weighted by molar-refractivity contribution is 5.88. The molecule has 3 aromatic carbocycles. The molecule has 2 atom stereocenters. The van der Waals surface area contributed by atoms with E-state index in [2.05, 4.69) is 5.32 Å². The predicted octanol–water partition coefficient (Wildman–Crippen LogP) is 5.54. The number of benzene rings is 3. The van der Waals surface area contributed by atoms with Crippen molar-refractivity contribution in [1.29, 1.82) is 0 Å². The molecule has 0 fully saturated rings. The molecule has 6 heteroatoms. The van der Waals surface area contributed by atoms with E-state index in [-0.39, 0.29) is 30.8 Å². The molecule has 36 heavy (non-hydrogen) atoms. The van der Waals surface area contributed by atoms with Crippen LogP contribution in [0.1, 0.15) is 44.2 Å². The minimum absolute atomic E-state index is 0.0104. The van der Waals surface area contributed by atoms with Crippen molar-refractivity contribution >= 4 is 11.8 Å². The lowest BCUT2D eigenvalue weighted by atomic mass is 10.0. The van der Waals surface area contributed by atoms with E-state index >= 15 is 0 Å². The Kier molecular flexibility index (Phi) is 10.5. The zero-order valence-corrected chi connectivity index (χ0v) is 21.0. The Balaban J connectivity index is 1.81. The molecular formula is C30H35FN2O3. The second-order valence-corrected chi connectivity index (χ2v) is 8.90. The molecule has 0 aliphatic rings. The van der Waals surface area contributed by atoms with Crippen LogP contribution in [-0.2, 0) is 22.6 Å². The lowest BCUT2D eigenvalue weighted by Gasteiger charge is -2.32. The Morgan fingerprint density at radius 2 is 1.58 bits per heavy atom. The molecule has 1 N–H and O–H groups in total. The van der Waals surface area contributed by atoms with Crippen LogP contribution in [-0.4, -0.2) is 35.4 Å². The Bertz CT molecular complexity index is 1090. The fourth-order valence-corrected chi connectivity index (χ4v) is 3.88. The van der Waals surface area contributed by atoms with Crippen LogP contribution < -0.4 is 10.1 Å². The van der Waals surface area contributed by atoms with Gasteiger partial charge in [0, 0.05) is 31.0 Å². The number of nitrogens with one attached hydrogen (secondary N) is 1. The van der Waals surface area contributed by atoms with E-state index in [0.717, 1.165) is 17.7 Å². The van der Waals surface area contributed by atoms with Crippen molar-refractivity contribution in [1.82, 2.24) is 10.2 Å². The van der Waals surface area contributed by atoms with Crippen LogP contribution in [0.3, 0.4) is 0 Å². The van der Waals surface area contributed by atoms with Gasteiger partial charge >= 0.3 is 0 Å². The minimum Gasteiger partial charge on any atom is -0.494 e. The number of hydrogen-bond acceptors (Lipinski definition) is 3. The van der Waals surface area contributed by atoms with Crippen LogP contribution in [0.5, 0.6) is 5.75 Å². The summed E-state index contributed by atoms with van der Waals surface area (Å²) in [5.74, 6) is -0.111. The van der Waals surface area contributed by atoms with Gasteiger partial charge in [-0.2, -0.15) is 0 Å². The molecule has 190 valence electrons. The normalized spacial score (nSPS) is 12.4. The van der Waals surface area contributed by atoms with Crippen LogP contribution in [0.4, 0.5) is 4.39 Å². The summed E-state index contributed by atoms with van der Waals surface area (Å²) in [4.78, 5) is 28.5. The first-order valence-electron chi connectivity index (χ1n) is 12.5. The van der Waals surface area contributed by atoms with Gasteiger partial charge in [-0.25, -0.2) is 4.39 Å². The van der Waals surface area contributed by atoms with E-state index in [4.69, 9.17) is 4.74 Å². The number of halogens is 1. The molecule has 5 nitrogen and oxygen atoms in total. The summed E-state index contributed by atoms with van der Waals surface area (Å²) in [5.41, 5.74) is 1.31. The number of ether oxygens (including phenoxy) is 1. The van der Waals surface area contributed by atoms with Crippen LogP contribution in [0.2, 0.25) is 0 Å². The van der Waals surface area contributed by atoms with Crippen molar-refractivity contribution in [3.8, 4) is 5.75 Å². The van der Waals surface area contributed by atoms with Crippen molar-refractivity contribution in [2.45, 2.75) is 58.2 Å². The summed E-state index contributed by atoms with van der Waals surface area (Å²) in [7, 11) is 0. The van der Waals surface area contributed by atoms with Gasteiger partial charge < -0.3 is 15.0 Å². The zero-order chi connectivity index (χ0) is 25.8.